The van der Waals surface area contributed by atoms with Crippen LogP contribution in [0.3, 0.4) is 0 Å². The van der Waals surface area contributed by atoms with Gasteiger partial charge in [0.2, 0.25) is 0 Å². The van der Waals surface area contributed by atoms with Gasteiger partial charge in [0, 0.05) is 25.7 Å². The van der Waals surface area contributed by atoms with Gasteiger partial charge in [0.25, 0.3) is 0 Å². The lowest BCUT2D eigenvalue weighted by atomic mass is 10.0. The average molecular weight is 196 g/mol. The number of rotatable bonds is 3. The maximum absolute atomic E-state index is 5.98. The van der Waals surface area contributed by atoms with Crippen LogP contribution >= 0.6 is 0 Å². The Morgan fingerprint density at radius 3 is 2.36 bits per heavy atom. The third-order valence-electron chi connectivity index (χ3n) is 4.13. The summed E-state index contributed by atoms with van der Waals surface area (Å²) in [6.45, 7) is 8.60. The van der Waals surface area contributed by atoms with Gasteiger partial charge in [0.15, 0.2) is 0 Å². The topological polar surface area (TPSA) is 29.3 Å². The molecule has 4 atom stereocenters. The van der Waals surface area contributed by atoms with Crippen LogP contribution in [0.5, 0.6) is 0 Å². The standard InChI is InChI=1S/C12H24N2/c1-3-9(2)6-14-7-10-4-12(13)5-11(10)8-14/h9-12H,3-8,13H2,1-2H3/t9?,10-,11+,12?. The lowest BCUT2D eigenvalue weighted by Crippen LogP contribution is -2.29. The predicted octanol–water partition coefficient (Wildman–Crippen LogP) is 1.70. The molecule has 2 N–H and O–H groups in total. The minimum atomic E-state index is 0.510. The van der Waals surface area contributed by atoms with E-state index in [0.29, 0.717) is 6.04 Å². The summed E-state index contributed by atoms with van der Waals surface area (Å²) in [4.78, 5) is 2.66. The van der Waals surface area contributed by atoms with Crippen molar-refractivity contribution in [2.24, 2.45) is 23.5 Å². The van der Waals surface area contributed by atoms with Crippen molar-refractivity contribution >= 4 is 0 Å². The van der Waals surface area contributed by atoms with E-state index < -0.39 is 0 Å². The van der Waals surface area contributed by atoms with Crippen LogP contribution in [0.15, 0.2) is 0 Å². The molecule has 0 bridgehead atoms. The van der Waals surface area contributed by atoms with E-state index >= 15 is 0 Å². The minimum absolute atomic E-state index is 0.510. The van der Waals surface area contributed by atoms with E-state index in [-0.39, 0.29) is 0 Å². The van der Waals surface area contributed by atoms with E-state index in [1.54, 1.807) is 0 Å². The molecule has 14 heavy (non-hydrogen) atoms. The molecule has 1 saturated heterocycles. The van der Waals surface area contributed by atoms with Crippen LogP contribution in [0.1, 0.15) is 33.1 Å². The summed E-state index contributed by atoms with van der Waals surface area (Å²) in [7, 11) is 0. The number of hydrogen-bond donors (Lipinski definition) is 1. The monoisotopic (exact) mass is 196 g/mol. The van der Waals surface area contributed by atoms with E-state index in [0.717, 1.165) is 17.8 Å². The van der Waals surface area contributed by atoms with Crippen molar-refractivity contribution in [1.82, 2.24) is 4.90 Å². The van der Waals surface area contributed by atoms with E-state index in [4.69, 9.17) is 5.73 Å². The molecule has 0 aromatic rings. The Hall–Kier alpha value is -0.0800. The first kappa shape index (κ1) is 10.4. The molecule has 2 nitrogen and oxygen atoms in total. The normalized spacial score (nSPS) is 40.1. The van der Waals surface area contributed by atoms with Gasteiger partial charge in [-0.2, -0.15) is 0 Å². The maximum atomic E-state index is 5.98. The Kier molecular flexibility index (Phi) is 3.13. The third-order valence-corrected chi connectivity index (χ3v) is 4.13. The fraction of sp³-hybridized carbons (Fsp3) is 1.00. The van der Waals surface area contributed by atoms with Gasteiger partial charge in [0.1, 0.15) is 0 Å². The zero-order chi connectivity index (χ0) is 10.1. The van der Waals surface area contributed by atoms with Crippen molar-refractivity contribution in [3.05, 3.63) is 0 Å². The summed E-state index contributed by atoms with van der Waals surface area (Å²) in [5, 5.41) is 0. The maximum Gasteiger partial charge on any atom is 0.00452 e. The molecule has 1 aliphatic heterocycles. The molecule has 2 aliphatic rings. The fourth-order valence-corrected chi connectivity index (χ4v) is 3.16. The Bertz CT molecular complexity index is 179. The molecule has 0 amide bonds. The summed E-state index contributed by atoms with van der Waals surface area (Å²) >= 11 is 0. The van der Waals surface area contributed by atoms with Gasteiger partial charge >= 0.3 is 0 Å². The SMILES string of the molecule is CCC(C)CN1C[C@H]2CC(N)C[C@H]2C1. The fourth-order valence-electron chi connectivity index (χ4n) is 3.16. The Morgan fingerprint density at radius 1 is 1.29 bits per heavy atom. The molecule has 2 rings (SSSR count). The second-order valence-electron chi connectivity index (χ2n) is 5.48. The van der Waals surface area contributed by atoms with Crippen molar-refractivity contribution < 1.29 is 0 Å². The van der Waals surface area contributed by atoms with Gasteiger partial charge in [-0.1, -0.05) is 20.3 Å². The first-order valence-electron chi connectivity index (χ1n) is 6.17. The van der Waals surface area contributed by atoms with E-state index in [1.165, 1.54) is 38.9 Å². The summed E-state index contributed by atoms with van der Waals surface area (Å²) in [6, 6.07) is 0.510. The second kappa shape index (κ2) is 4.19. The molecule has 1 saturated carbocycles. The number of likely N-dealkylation sites (tertiary alicyclic amines) is 1. The quantitative estimate of drug-likeness (QED) is 0.744. The molecule has 0 aromatic heterocycles. The van der Waals surface area contributed by atoms with Gasteiger partial charge < -0.3 is 10.6 Å². The van der Waals surface area contributed by atoms with Crippen LogP contribution in [-0.2, 0) is 0 Å². The Morgan fingerprint density at radius 2 is 1.86 bits per heavy atom. The molecule has 2 fully saturated rings. The lowest BCUT2D eigenvalue weighted by Gasteiger charge is -2.21. The van der Waals surface area contributed by atoms with Gasteiger partial charge in [-0.25, -0.2) is 0 Å². The summed E-state index contributed by atoms with van der Waals surface area (Å²) < 4.78 is 0. The first-order valence-corrected chi connectivity index (χ1v) is 6.17. The molecule has 0 radical (unpaired) electrons. The van der Waals surface area contributed by atoms with Crippen LogP contribution in [-0.4, -0.2) is 30.6 Å². The van der Waals surface area contributed by atoms with Crippen LogP contribution in [0.25, 0.3) is 0 Å². The van der Waals surface area contributed by atoms with Crippen molar-refractivity contribution in [2.45, 2.75) is 39.2 Å². The van der Waals surface area contributed by atoms with Crippen LogP contribution in [0.2, 0.25) is 0 Å². The smallest absolute Gasteiger partial charge is 0.00452 e. The van der Waals surface area contributed by atoms with Gasteiger partial charge in [-0.3, -0.25) is 0 Å². The van der Waals surface area contributed by atoms with Crippen molar-refractivity contribution in [1.29, 1.82) is 0 Å². The zero-order valence-electron chi connectivity index (χ0n) is 9.58. The van der Waals surface area contributed by atoms with Crippen molar-refractivity contribution in [3.63, 3.8) is 0 Å². The van der Waals surface area contributed by atoms with Crippen molar-refractivity contribution in [3.8, 4) is 0 Å². The molecular weight excluding hydrogens is 172 g/mol. The summed E-state index contributed by atoms with van der Waals surface area (Å²) in [5.74, 6) is 2.71. The molecule has 2 heteroatoms. The molecule has 0 spiro atoms. The lowest BCUT2D eigenvalue weighted by molar-refractivity contribution is 0.262. The highest BCUT2D eigenvalue weighted by molar-refractivity contribution is 4.93. The number of hydrogen-bond acceptors (Lipinski definition) is 2. The molecule has 0 aromatic carbocycles. The van der Waals surface area contributed by atoms with Crippen LogP contribution in [0.4, 0.5) is 0 Å². The van der Waals surface area contributed by atoms with Crippen LogP contribution < -0.4 is 5.73 Å². The average Bonchev–Trinajstić information content (AvgIpc) is 2.60. The molecule has 2 unspecified atom stereocenters. The highest BCUT2D eigenvalue weighted by Crippen LogP contribution is 2.37. The molecule has 82 valence electrons. The summed E-state index contributed by atoms with van der Waals surface area (Å²) in [5.41, 5.74) is 5.98. The van der Waals surface area contributed by atoms with Gasteiger partial charge in [-0.05, 0) is 30.6 Å². The molecule has 1 aliphatic carbocycles. The summed E-state index contributed by atoms with van der Waals surface area (Å²) in [6.07, 6.45) is 3.87. The number of fused-ring (bicyclic) bond motifs is 1. The Balaban J connectivity index is 1.79. The van der Waals surface area contributed by atoms with E-state index in [2.05, 4.69) is 18.7 Å². The Labute approximate surface area is 87.8 Å². The first-order chi connectivity index (χ1) is 6.69. The highest BCUT2D eigenvalue weighted by Gasteiger charge is 2.39. The number of nitrogens with two attached hydrogens (primary N) is 1. The van der Waals surface area contributed by atoms with Gasteiger partial charge in [-0.15, -0.1) is 0 Å². The third kappa shape index (κ3) is 2.12. The minimum Gasteiger partial charge on any atom is -0.328 e. The van der Waals surface area contributed by atoms with Crippen LogP contribution in [0, 0.1) is 17.8 Å². The number of nitrogens with zero attached hydrogens (tertiary/aromatic N) is 1. The van der Waals surface area contributed by atoms with E-state index in [1.807, 2.05) is 0 Å². The zero-order valence-corrected chi connectivity index (χ0v) is 9.58. The molecule has 1 heterocycles. The largest absolute Gasteiger partial charge is 0.328 e. The molecular formula is C12H24N2. The van der Waals surface area contributed by atoms with Gasteiger partial charge in [0.05, 0.1) is 0 Å². The second-order valence-corrected chi connectivity index (χ2v) is 5.48. The predicted molar refractivity (Wildman–Crippen MR) is 60.1 cm³/mol. The van der Waals surface area contributed by atoms with E-state index in [9.17, 15) is 0 Å². The van der Waals surface area contributed by atoms with Crippen molar-refractivity contribution in [2.75, 3.05) is 19.6 Å². The highest BCUT2D eigenvalue weighted by atomic mass is 15.2.